The number of carbonyl (C=O) groups is 2. The van der Waals surface area contributed by atoms with Gasteiger partial charge in [0.2, 0.25) is 5.91 Å². The topological polar surface area (TPSA) is 53.1 Å². The average molecular weight is 430 g/mol. The quantitative estimate of drug-likeness (QED) is 0.668. The molecule has 2 heterocycles. The molecule has 1 aliphatic heterocycles. The molecule has 0 aliphatic carbocycles. The van der Waals surface area contributed by atoms with E-state index in [-0.39, 0.29) is 24.5 Å². The van der Waals surface area contributed by atoms with Crippen LogP contribution in [0.5, 0.6) is 5.75 Å². The summed E-state index contributed by atoms with van der Waals surface area (Å²) in [6.07, 6.45) is 2.70. The predicted octanol–water partition coefficient (Wildman–Crippen LogP) is 4.01. The number of ether oxygens (including phenoxy) is 1. The summed E-state index contributed by atoms with van der Waals surface area (Å²) in [5, 5.41) is 2.10. The maximum Gasteiger partial charge on any atom is 0.319 e. The van der Waals surface area contributed by atoms with Crippen molar-refractivity contribution in [1.82, 2.24) is 14.7 Å². The Morgan fingerprint density at radius 1 is 1.20 bits per heavy atom. The number of fused-ring (bicyclic) bond motifs is 1. The molecule has 0 fully saturated rings. The van der Waals surface area contributed by atoms with Crippen LogP contribution in [0, 0.1) is 0 Å². The fourth-order valence-electron chi connectivity index (χ4n) is 3.86. The van der Waals surface area contributed by atoms with E-state index in [9.17, 15) is 9.59 Å². The highest BCUT2D eigenvalue weighted by atomic mass is 32.1. The molecule has 2 aromatic rings. The first-order valence-electron chi connectivity index (χ1n) is 10.4. The predicted molar refractivity (Wildman–Crippen MR) is 120 cm³/mol. The van der Waals surface area contributed by atoms with Crippen LogP contribution in [0.3, 0.4) is 0 Å². The van der Waals surface area contributed by atoms with Gasteiger partial charge in [-0.1, -0.05) is 25.5 Å². The van der Waals surface area contributed by atoms with Gasteiger partial charge in [0.1, 0.15) is 12.3 Å². The standard InChI is InChI=1S/C23H31N3O3S/c1-5-6-13-25(23(28)24(2)3)16-21(27)26-14-11-20-19(12-15-30-20)22(26)17-7-9-18(29-4)10-8-17/h7-10,12,15,22H,5-6,11,13-14,16H2,1-4H3/t22-/m0/s1. The van der Waals surface area contributed by atoms with Gasteiger partial charge in [0.05, 0.1) is 13.2 Å². The van der Waals surface area contributed by atoms with Crippen LogP contribution < -0.4 is 4.74 Å². The van der Waals surface area contributed by atoms with E-state index in [1.54, 1.807) is 37.4 Å². The van der Waals surface area contributed by atoms with Crippen molar-refractivity contribution < 1.29 is 14.3 Å². The zero-order valence-electron chi connectivity index (χ0n) is 18.3. The Kier molecular flexibility index (Phi) is 7.37. The summed E-state index contributed by atoms with van der Waals surface area (Å²) in [6.45, 7) is 3.43. The molecule has 0 bridgehead atoms. The van der Waals surface area contributed by atoms with Crippen molar-refractivity contribution in [3.8, 4) is 5.75 Å². The van der Waals surface area contributed by atoms with Gasteiger partial charge in [-0.3, -0.25) is 4.79 Å². The number of hydrogen-bond acceptors (Lipinski definition) is 4. The third kappa shape index (κ3) is 4.78. The fourth-order valence-corrected chi connectivity index (χ4v) is 4.76. The van der Waals surface area contributed by atoms with Crippen LogP contribution in [0.4, 0.5) is 4.79 Å². The molecule has 1 atom stereocenters. The molecule has 7 heteroatoms. The van der Waals surface area contributed by atoms with Gasteiger partial charge in [-0.15, -0.1) is 11.3 Å². The molecule has 0 saturated carbocycles. The lowest BCUT2D eigenvalue weighted by molar-refractivity contribution is -0.134. The van der Waals surface area contributed by atoms with Crippen molar-refractivity contribution in [3.05, 3.63) is 51.7 Å². The molecular weight excluding hydrogens is 398 g/mol. The second-order valence-corrected chi connectivity index (χ2v) is 8.76. The van der Waals surface area contributed by atoms with Gasteiger partial charge >= 0.3 is 6.03 Å². The minimum Gasteiger partial charge on any atom is -0.497 e. The van der Waals surface area contributed by atoms with Crippen LogP contribution in [-0.4, -0.2) is 67.5 Å². The second kappa shape index (κ2) is 9.98. The molecule has 1 aromatic heterocycles. The number of thiophene rings is 1. The molecule has 0 unspecified atom stereocenters. The number of rotatable bonds is 7. The Morgan fingerprint density at radius 3 is 2.57 bits per heavy atom. The summed E-state index contributed by atoms with van der Waals surface area (Å²) in [7, 11) is 5.10. The molecular formula is C23H31N3O3S. The lowest BCUT2D eigenvalue weighted by atomic mass is 9.93. The van der Waals surface area contributed by atoms with Gasteiger partial charge in [0.25, 0.3) is 0 Å². The van der Waals surface area contributed by atoms with Crippen LogP contribution in [0.15, 0.2) is 35.7 Å². The van der Waals surface area contributed by atoms with Crippen LogP contribution in [-0.2, 0) is 11.2 Å². The number of carbonyl (C=O) groups excluding carboxylic acids is 2. The van der Waals surface area contributed by atoms with Gasteiger partial charge in [0, 0.05) is 32.1 Å². The molecule has 0 spiro atoms. The normalized spacial score (nSPS) is 15.5. The summed E-state index contributed by atoms with van der Waals surface area (Å²) < 4.78 is 5.30. The molecule has 0 saturated heterocycles. The van der Waals surface area contributed by atoms with Crippen molar-refractivity contribution >= 4 is 23.3 Å². The molecule has 3 amide bonds. The van der Waals surface area contributed by atoms with Gasteiger partial charge in [-0.2, -0.15) is 0 Å². The zero-order chi connectivity index (χ0) is 21.7. The van der Waals surface area contributed by atoms with E-state index in [2.05, 4.69) is 18.4 Å². The summed E-state index contributed by atoms with van der Waals surface area (Å²) in [5.74, 6) is 0.777. The Morgan fingerprint density at radius 2 is 1.93 bits per heavy atom. The number of nitrogens with zero attached hydrogens (tertiary/aromatic N) is 3. The van der Waals surface area contributed by atoms with Gasteiger partial charge in [-0.25, -0.2) is 4.79 Å². The van der Waals surface area contributed by atoms with Gasteiger partial charge in [0.15, 0.2) is 0 Å². The third-order valence-corrected chi connectivity index (χ3v) is 6.48. The second-order valence-electron chi connectivity index (χ2n) is 7.76. The largest absolute Gasteiger partial charge is 0.497 e. The Bertz CT molecular complexity index is 863. The summed E-state index contributed by atoms with van der Waals surface area (Å²) in [4.78, 5) is 32.5. The van der Waals surface area contributed by atoms with E-state index in [1.165, 1.54) is 15.3 Å². The number of amides is 3. The minimum atomic E-state index is -0.138. The van der Waals surface area contributed by atoms with E-state index in [0.717, 1.165) is 30.6 Å². The molecule has 1 aliphatic rings. The monoisotopic (exact) mass is 429 g/mol. The molecule has 3 rings (SSSR count). The average Bonchev–Trinajstić information content (AvgIpc) is 3.24. The van der Waals surface area contributed by atoms with Crippen LogP contribution in [0.2, 0.25) is 0 Å². The maximum absolute atomic E-state index is 13.4. The van der Waals surface area contributed by atoms with Crippen molar-refractivity contribution in [2.24, 2.45) is 0 Å². The summed E-state index contributed by atoms with van der Waals surface area (Å²) >= 11 is 1.75. The molecule has 1 aromatic carbocycles. The SMILES string of the molecule is CCCCN(CC(=O)N1CCc2sccc2[C@@H]1c1ccc(OC)cc1)C(=O)N(C)C. The Hall–Kier alpha value is -2.54. The molecule has 162 valence electrons. The van der Waals surface area contributed by atoms with E-state index in [0.29, 0.717) is 13.1 Å². The number of urea groups is 1. The van der Waals surface area contributed by atoms with E-state index in [4.69, 9.17) is 4.74 Å². The summed E-state index contributed by atoms with van der Waals surface area (Å²) in [5.41, 5.74) is 2.24. The Labute approximate surface area is 183 Å². The fraction of sp³-hybridized carbons (Fsp3) is 0.478. The molecule has 6 nitrogen and oxygen atoms in total. The highest BCUT2D eigenvalue weighted by Gasteiger charge is 2.34. The lowest BCUT2D eigenvalue weighted by Crippen LogP contribution is -2.49. The minimum absolute atomic E-state index is 0.0148. The number of hydrogen-bond donors (Lipinski definition) is 0. The summed E-state index contributed by atoms with van der Waals surface area (Å²) in [6, 6.07) is 9.77. The highest BCUT2D eigenvalue weighted by molar-refractivity contribution is 7.10. The number of methoxy groups -OCH3 is 1. The van der Waals surface area contributed by atoms with Crippen LogP contribution in [0.25, 0.3) is 0 Å². The van der Waals surface area contributed by atoms with Gasteiger partial charge < -0.3 is 19.4 Å². The smallest absolute Gasteiger partial charge is 0.319 e. The molecule has 0 radical (unpaired) electrons. The van der Waals surface area contributed by atoms with Gasteiger partial charge in [-0.05, 0) is 47.5 Å². The molecule has 30 heavy (non-hydrogen) atoms. The number of unbranched alkanes of at least 4 members (excludes halogenated alkanes) is 1. The van der Waals surface area contributed by atoms with Crippen molar-refractivity contribution in [2.75, 3.05) is 40.8 Å². The third-order valence-electron chi connectivity index (χ3n) is 5.48. The van der Waals surface area contributed by atoms with E-state index >= 15 is 0 Å². The van der Waals surface area contributed by atoms with E-state index in [1.807, 2.05) is 29.2 Å². The highest BCUT2D eigenvalue weighted by Crippen LogP contribution is 2.38. The molecule has 0 N–H and O–H groups in total. The first-order chi connectivity index (χ1) is 14.5. The lowest BCUT2D eigenvalue weighted by Gasteiger charge is -2.38. The Balaban J connectivity index is 1.87. The van der Waals surface area contributed by atoms with Crippen LogP contribution >= 0.6 is 11.3 Å². The van der Waals surface area contributed by atoms with Crippen LogP contribution in [0.1, 0.15) is 41.8 Å². The first kappa shape index (κ1) is 22.2. The van der Waals surface area contributed by atoms with Crippen molar-refractivity contribution in [3.63, 3.8) is 0 Å². The number of benzene rings is 1. The first-order valence-corrected chi connectivity index (χ1v) is 11.3. The van der Waals surface area contributed by atoms with E-state index < -0.39 is 0 Å². The zero-order valence-corrected chi connectivity index (χ0v) is 19.1. The van der Waals surface area contributed by atoms with Crippen molar-refractivity contribution in [2.45, 2.75) is 32.2 Å². The maximum atomic E-state index is 13.4. The van der Waals surface area contributed by atoms with Crippen molar-refractivity contribution in [1.29, 1.82) is 0 Å².